The van der Waals surface area contributed by atoms with Gasteiger partial charge in [0.2, 0.25) is 0 Å². The topological polar surface area (TPSA) is 113 Å². The van der Waals surface area contributed by atoms with Crippen molar-refractivity contribution in [3.63, 3.8) is 0 Å². The molecule has 0 fully saturated rings. The number of ether oxygens (including phenoxy) is 1. The van der Waals surface area contributed by atoms with Crippen LogP contribution in [-0.4, -0.2) is 56.4 Å². The number of aromatic amines is 1. The fourth-order valence-electron chi connectivity index (χ4n) is 4.27. The van der Waals surface area contributed by atoms with E-state index in [1.165, 1.54) is 6.33 Å². The molecule has 0 radical (unpaired) electrons. The van der Waals surface area contributed by atoms with Crippen LogP contribution in [0, 0.1) is 0 Å². The van der Waals surface area contributed by atoms with E-state index in [0.717, 1.165) is 5.52 Å². The minimum atomic E-state index is -0.413. The summed E-state index contributed by atoms with van der Waals surface area (Å²) in [5.74, 6) is 0.663. The molecule has 5 rings (SSSR count). The summed E-state index contributed by atoms with van der Waals surface area (Å²) in [6, 6.07) is 8.37. The van der Waals surface area contributed by atoms with Gasteiger partial charge in [-0.25, -0.2) is 15.0 Å². The summed E-state index contributed by atoms with van der Waals surface area (Å²) in [4.78, 5) is 43.6. The molecule has 11 heteroatoms. The normalized spacial score (nSPS) is 13.9. The van der Waals surface area contributed by atoms with E-state index in [0.29, 0.717) is 69.8 Å². The van der Waals surface area contributed by atoms with Crippen molar-refractivity contribution in [2.75, 3.05) is 25.0 Å². The van der Waals surface area contributed by atoms with Crippen LogP contribution >= 0.6 is 23.2 Å². The maximum absolute atomic E-state index is 12.9. The summed E-state index contributed by atoms with van der Waals surface area (Å²) in [6.07, 6.45) is 5.88. The van der Waals surface area contributed by atoms with Crippen LogP contribution in [0.15, 0.2) is 48.8 Å². The quantitative estimate of drug-likeness (QED) is 0.230. The van der Waals surface area contributed by atoms with Crippen LogP contribution < -0.4 is 5.32 Å². The number of hydrogen-bond donors (Lipinski definition) is 2. The molecule has 1 amide bonds. The number of anilines is 1. The number of fused-ring (bicyclic) bond motifs is 2. The molecule has 0 bridgehead atoms. The lowest BCUT2D eigenvalue weighted by Crippen LogP contribution is -2.28. The van der Waals surface area contributed by atoms with Gasteiger partial charge in [0.1, 0.15) is 18.0 Å². The molecule has 2 aromatic carbocycles. The minimum absolute atomic E-state index is 0.154. The summed E-state index contributed by atoms with van der Waals surface area (Å²) in [7, 11) is 0. The number of halogens is 2. The van der Waals surface area contributed by atoms with Crippen molar-refractivity contribution >= 4 is 62.8 Å². The van der Waals surface area contributed by atoms with Crippen LogP contribution in [0.3, 0.4) is 0 Å². The first-order valence-corrected chi connectivity index (χ1v) is 12.6. The van der Waals surface area contributed by atoms with Gasteiger partial charge in [0.05, 0.1) is 39.8 Å². The van der Waals surface area contributed by atoms with Gasteiger partial charge in [-0.05, 0) is 43.7 Å². The second-order valence-electron chi connectivity index (χ2n) is 8.58. The van der Waals surface area contributed by atoms with E-state index in [2.05, 4.69) is 20.3 Å². The van der Waals surface area contributed by atoms with Crippen molar-refractivity contribution < 1.29 is 14.3 Å². The van der Waals surface area contributed by atoms with Gasteiger partial charge in [0, 0.05) is 29.9 Å². The van der Waals surface area contributed by atoms with Gasteiger partial charge in [-0.1, -0.05) is 35.4 Å². The number of rotatable bonds is 8. The number of amides is 1. The maximum Gasteiger partial charge on any atom is 0.305 e. The Labute approximate surface area is 222 Å². The Bertz CT molecular complexity index is 1510. The van der Waals surface area contributed by atoms with E-state index in [1.54, 1.807) is 36.1 Å². The molecule has 1 aliphatic rings. The Kier molecular flexibility index (Phi) is 7.25. The number of esters is 1. The molecule has 0 saturated carbocycles. The molecule has 4 aromatic rings. The third-order valence-electron chi connectivity index (χ3n) is 6.11. The van der Waals surface area contributed by atoms with E-state index in [9.17, 15) is 9.59 Å². The van der Waals surface area contributed by atoms with Crippen LogP contribution in [0.25, 0.3) is 21.9 Å². The number of hydrogen-bond acceptors (Lipinski definition) is 7. The summed E-state index contributed by atoms with van der Waals surface area (Å²) < 4.78 is 5.12. The molecule has 2 N–H and O–H groups in total. The molecular formula is C26H24Cl2N6O3. The van der Waals surface area contributed by atoms with Crippen LogP contribution in [-0.2, 0) is 9.53 Å². The standard InChI is InChI=1S/C26H24Cl2N6O3/c1-2-37-23(35)8-7-20(25-31-19-6-5-15(27)11-22(19)33-25)32-24-17-12-18(28)16(13-21(17)29-14-30-24)26(36)34-9-3-4-10-34/h3-6,11-14,20H,2,7-10H2,1H3,(H,31,33)(H,29,30,32). The van der Waals surface area contributed by atoms with Crippen molar-refractivity contribution in [3.05, 3.63) is 70.2 Å². The Morgan fingerprint density at radius 1 is 1.14 bits per heavy atom. The molecule has 0 aliphatic carbocycles. The number of carbonyl (C=O) groups is 2. The number of H-pyrrole nitrogens is 1. The van der Waals surface area contributed by atoms with Crippen LogP contribution in [0.5, 0.6) is 0 Å². The number of nitrogens with one attached hydrogen (secondary N) is 2. The smallest absolute Gasteiger partial charge is 0.305 e. The van der Waals surface area contributed by atoms with Gasteiger partial charge in [-0.2, -0.15) is 0 Å². The van der Waals surface area contributed by atoms with E-state index >= 15 is 0 Å². The highest BCUT2D eigenvalue weighted by molar-refractivity contribution is 6.35. The molecule has 0 spiro atoms. The molecule has 1 atom stereocenters. The van der Waals surface area contributed by atoms with Gasteiger partial charge >= 0.3 is 5.97 Å². The molecule has 2 aromatic heterocycles. The first kappa shape index (κ1) is 25.0. The van der Waals surface area contributed by atoms with Crippen molar-refractivity contribution in [2.45, 2.75) is 25.8 Å². The van der Waals surface area contributed by atoms with Crippen molar-refractivity contribution in [2.24, 2.45) is 0 Å². The maximum atomic E-state index is 12.9. The first-order chi connectivity index (χ1) is 17.9. The number of benzene rings is 2. The number of nitrogens with zero attached hydrogens (tertiary/aromatic N) is 4. The fraction of sp³-hybridized carbons (Fsp3) is 0.269. The molecule has 0 saturated heterocycles. The van der Waals surface area contributed by atoms with E-state index in [4.69, 9.17) is 32.9 Å². The number of aromatic nitrogens is 4. The van der Waals surface area contributed by atoms with Gasteiger partial charge in [0.25, 0.3) is 5.91 Å². The Morgan fingerprint density at radius 2 is 1.95 bits per heavy atom. The third-order valence-corrected chi connectivity index (χ3v) is 6.65. The predicted octanol–water partition coefficient (Wildman–Crippen LogP) is 5.32. The van der Waals surface area contributed by atoms with Crippen molar-refractivity contribution in [1.29, 1.82) is 0 Å². The largest absolute Gasteiger partial charge is 0.466 e. The summed E-state index contributed by atoms with van der Waals surface area (Å²) in [6.45, 7) is 3.18. The van der Waals surface area contributed by atoms with Gasteiger partial charge < -0.3 is 19.9 Å². The van der Waals surface area contributed by atoms with Crippen LogP contribution in [0.1, 0.15) is 42.0 Å². The molecule has 1 aliphatic heterocycles. The average molecular weight is 539 g/mol. The van der Waals surface area contributed by atoms with E-state index < -0.39 is 6.04 Å². The molecule has 190 valence electrons. The van der Waals surface area contributed by atoms with Crippen LogP contribution in [0.2, 0.25) is 10.0 Å². The molecule has 3 heterocycles. The summed E-state index contributed by atoms with van der Waals surface area (Å²) in [5.41, 5.74) is 2.48. The lowest BCUT2D eigenvalue weighted by molar-refractivity contribution is -0.143. The highest BCUT2D eigenvalue weighted by Crippen LogP contribution is 2.31. The van der Waals surface area contributed by atoms with E-state index in [1.807, 2.05) is 18.2 Å². The zero-order chi connectivity index (χ0) is 25.9. The minimum Gasteiger partial charge on any atom is -0.466 e. The molecular weight excluding hydrogens is 515 g/mol. The lowest BCUT2D eigenvalue weighted by atomic mass is 10.1. The van der Waals surface area contributed by atoms with Gasteiger partial charge in [-0.15, -0.1) is 0 Å². The van der Waals surface area contributed by atoms with Crippen molar-refractivity contribution in [3.8, 4) is 0 Å². The Hall–Kier alpha value is -3.69. The second kappa shape index (κ2) is 10.7. The zero-order valence-electron chi connectivity index (χ0n) is 20.0. The molecule has 37 heavy (non-hydrogen) atoms. The third kappa shape index (κ3) is 5.38. The molecule has 1 unspecified atom stereocenters. The number of carbonyl (C=O) groups excluding carboxylic acids is 2. The second-order valence-corrected chi connectivity index (χ2v) is 9.42. The molecule has 9 nitrogen and oxygen atoms in total. The highest BCUT2D eigenvalue weighted by atomic mass is 35.5. The van der Waals surface area contributed by atoms with Crippen LogP contribution in [0.4, 0.5) is 5.82 Å². The zero-order valence-corrected chi connectivity index (χ0v) is 21.5. The first-order valence-electron chi connectivity index (χ1n) is 11.9. The van der Waals surface area contributed by atoms with E-state index in [-0.39, 0.29) is 18.3 Å². The highest BCUT2D eigenvalue weighted by Gasteiger charge is 2.23. The lowest BCUT2D eigenvalue weighted by Gasteiger charge is -2.19. The monoisotopic (exact) mass is 538 g/mol. The Balaban J connectivity index is 1.48. The SMILES string of the molecule is CCOC(=O)CCC(Nc1ncnc2cc(C(=O)N3CC=CC3)c(Cl)cc12)c1nc2cc(Cl)ccc2[nH]1. The summed E-state index contributed by atoms with van der Waals surface area (Å²) >= 11 is 12.7. The average Bonchev–Trinajstić information content (AvgIpc) is 3.56. The predicted molar refractivity (Wildman–Crippen MR) is 143 cm³/mol. The Morgan fingerprint density at radius 3 is 2.73 bits per heavy atom. The van der Waals surface area contributed by atoms with Crippen molar-refractivity contribution in [1.82, 2.24) is 24.8 Å². The number of imidazole rings is 1. The summed E-state index contributed by atoms with van der Waals surface area (Å²) in [5, 5.41) is 4.92. The van der Waals surface area contributed by atoms with Gasteiger partial charge in [-0.3, -0.25) is 9.59 Å². The van der Waals surface area contributed by atoms with Gasteiger partial charge in [0.15, 0.2) is 0 Å². The fourth-order valence-corrected chi connectivity index (χ4v) is 4.68.